The van der Waals surface area contributed by atoms with Crippen molar-refractivity contribution >= 4 is 44.1 Å². The summed E-state index contributed by atoms with van der Waals surface area (Å²) >= 11 is 1.35. The summed E-state index contributed by atoms with van der Waals surface area (Å²) in [7, 11) is -2.90. The average Bonchev–Trinajstić information content (AvgIpc) is 3.39. The second kappa shape index (κ2) is 10.9. The Hall–Kier alpha value is -4.00. The van der Waals surface area contributed by atoms with Crippen LogP contribution in [0.4, 0.5) is 0 Å². The van der Waals surface area contributed by atoms with E-state index in [1.165, 1.54) is 48.8 Å². The lowest BCUT2D eigenvalue weighted by Gasteiger charge is -2.27. The van der Waals surface area contributed by atoms with E-state index < -0.39 is 34.5 Å². The van der Waals surface area contributed by atoms with Gasteiger partial charge >= 0.3 is 5.97 Å². The van der Waals surface area contributed by atoms with E-state index >= 15 is 0 Å². The van der Waals surface area contributed by atoms with Gasteiger partial charge in [-0.3, -0.25) is 14.4 Å². The molecule has 4 rings (SSSR count). The van der Waals surface area contributed by atoms with Gasteiger partial charge in [-0.2, -0.15) is 4.72 Å². The summed E-state index contributed by atoms with van der Waals surface area (Å²) < 4.78 is 34.8. The zero-order valence-electron chi connectivity index (χ0n) is 19.6. The number of carboxylic acids is 1. The number of aromatic nitrogens is 1. The molecule has 4 aromatic rings. The van der Waals surface area contributed by atoms with Gasteiger partial charge in [0.2, 0.25) is 21.5 Å². The van der Waals surface area contributed by atoms with E-state index in [1.807, 2.05) is 0 Å². The normalized spacial score (nSPS) is 12.2. The maximum Gasteiger partial charge on any atom is 0.323 e. The second-order valence-corrected chi connectivity index (χ2v) is 10.8. The molecule has 3 N–H and O–H groups in total. The van der Waals surface area contributed by atoms with Crippen molar-refractivity contribution in [3.05, 3.63) is 92.9 Å². The third-order valence-electron chi connectivity index (χ3n) is 5.54. The molecule has 0 saturated heterocycles. The fourth-order valence-corrected chi connectivity index (χ4v) is 5.75. The Morgan fingerprint density at radius 3 is 2.59 bits per heavy atom. The Morgan fingerprint density at radius 2 is 1.89 bits per heavy atom. The van der Waals surface area contributed by atoms with Gasteiger partial charge in [-0.25, -0.2) is 8.42 Å². The molecule has 0 radical (unpaired) electrons. The topological polar surface area (TPSA) is 146 Å². The highest BCUT2D eigenvalue weighted by Crippen LogP contribution is 2.29. The number of carbonyl (C=O) groups excluding carboxylic acids is 1. The molecule has 2 aromatic heterocycles. The molecular weight excluding hydrogens is 518 g/mol. The number of thiophene rings is 1. The summed E-state index contributed by atoms with van der Waals surface area (Å²) in [5, 5.41) is 11.7. The van der Waals surface area contributed by atoms with Crippen LogP contribution in [0.2, 0.25) is 0 Å². The Morgan fingerprint density at radius 1 is 1.11 bits per heavy atom. The predicted octanol–water partition coefficient (Wildman–Crippen LogP) is 2.73. The average molecular weight is 542 g/mol. The van der Waals surface area contributed by atoms with Gasteiger partial charge in [0.15, 0.2) is 0 Å². The minimum atomic E-state index is -4.29. The fraction of sp³-hybridized carbons (Fsp3) is 0.160. The lowest BCUT2D eigenvalue weighted by molar-refractivity contribution is -0.145. The number of para-hydroxylation sites is 1. The van der Waals surface area contributed by atoms with Crippen LogP contribution in [0.15, 0.2) is 81.8 Å². The van der Waals surface area contributed by atoms with E-state index in [4.69, 9.17) is 4.74 Å². The van der Waals surface area contributed by atoms with Gasteiger partial charge in [0, 0.05) is 22.0 Å². The first-order valence-corrected chi connectivity index (χ1v) is 13.4. The van der Waals surface area contributed by atoms with Crippen molar-refractivity contribution < 1.29 is 27.9 Å². The molecule has 0 aliphatic carbocycles. The molecule has 192 valence electrons. The van der Waals surface area contributed by atoms with Gasteiger partial charge in [-0.15, -0.1) is 11.3 Å². The molecule has 10 nitrogen and oxygen atoms in total. The van der Waals surface area contributed by atoms with Crippen LogP contribution in [-0.2, 0) is 26.2 Å². The largest absolute Gasteiger partial charge is 0.496 e. The molecule has 0 bridgehead atoms. The van der Waals surface area contributed by atoms with E-state index in [2.05, 4.69) is 9.71 Å². The van der Waals surface area contributed by atoms with Crippen LogP contribution in [-0.4, -0.2) is 48.9 Å². The molecule has 0 spiro atoms. The van der Waals surface area contributed by atoms with Crippen LogP contribution >= 0.6 is 11.3 Å². The molecule has 0 fully saturated rings. The first kappa shape index (κ1) is 26.1. The summed E-state index contributed by atoms with van der Waals surface area (Å²) in [6.07, 6.45) is 0. The van der Waals surface area contributed by atoms with Crippen molar-refractivity contribution in [2.24, 2.45) is 0 Å². The van der Waals surface area contributed by atoms with Crippen molar-refractivity contribution in [2.75, 3.05) is 13.7 Å². The molecular formula is C25H23N3O7S2. The maximum atomic E-state index is 13.8. The van der Waals surface area contributed by atoms with E-state index in [-0.39, 0.29) is 28.3 Å². The van der Waals surface area contributed by atoms with Gasteiger partial charge in [-0.1, -0.05) is 24.3 Å². The van der Waals surface area contributed by atoms with Crippen LogP contribution in [0, 0.1) is 0 Å². The van der Waals surface area contributed by atoms with Crippen molar-refractivity contribution in [3.8, 4) is 5.75 Å². The SMILES string of the molecule is COc1ccccc1[C@H](NS(=O)(=O)c1ccc2[nH]c(=O)ccc2c1)C(=O)N(CC(=O)O)Cc1cccs1. The number of sulfonamides is 1. The Kier molecular flexibility index (Phi) is 7.71. The number of hydrogen-bond donors (Lipinski definition) is 3. The van der Waals surface area contributed by atoms with E-state index in [0.717, 1.165) is 9.78 Å². The monoisotopic (exact) mass is 541 g/mol. The number of methoxy groups -OCH3 is 1. The van der Waals surface area contributed by atoms with Crippen LogP contribution < -0.4 is 15.0 Å². The van der Waals surface area contributed by atoms with Gasteiger partial charge in [0.25, 0.3) is 0 Å². The van der Waals surface area contributed by atoms with Crippen LogP contribution in [0.3, 0.4) is 0 Å². The number of amides is 1. The third kappa shape index (κ3) is 6.05. The highest BCUT2D eigenvalue weighted by atomic mass is 32.2. The number of rotatable bonds is 10. The summed E-state index contributed by atoms with van der Waals surface area (Å²) in [6.45, 7) is -0.646. The number of carbonyl (C=O) groups is 2. The van der Waals surface area contributed by atoms with Gasteiger partial charge in [0.05, 0.1) is 18.6 Å². The van der Waals surface area contributed by atoms with E-state index in [0.29, 0.717) is 10.9 Å². The zero-order chi connectivity index (χ0) is 26.6. The summed E-state index contributed by atoms with van der Waals surface area (Å²) in [6, 6.07) is 15.4. The summed E-state index contributed by atoms with van der Waals surface area (Å²) in [5.41, 5.74) is 0.352. The first-order valence-electron chi connectivity index (χ1n) is 11.0. The van der Waals surface area contributed by atoms with Crippen LogP contribution in [0.5, 0.6) is 5.75 Å². The summed E-state index contributed by atoms with van der Waals surface area (Å²) in [4.78, 5) is 41.3. The highest BCUT2D eigenvalue weighted by molar-refractivity contribution is 7.89. The molecule has 1 amide bonds. The quantitative estimate of drug-likeness (QED) is 0.280. The number of ether oxygens (including phenoxy) is 1. The number of nitrogens with one attached hydrogen (secondary N) is 2. The molecule has 37 heavy (non-hydrogen) atoms. The number of hydrogen-bond acceptors (Lipinski definition) is 7. The van der Waals surface area contributed by atoms with Crippen molar-refractivity contribution in [1.29, 1.82) is 0 Å². The Labute approximate surface area is 216 Å². The van der Waals surface area contributed by atoms with Gasteiger partial charge < -0.3 is 19.7 Å². The number of benzene rings is 2. The minimum Gasteiger partial charge on any atom is -0.496 e. The van der Waals surface area contributed by atoms with Gasteiger partial charge in [-0.05, 0) is 47.2 Å². The van der Waals surface area contributed by atoms with Crippen molar-refractivity contribution in [2.45, 2.75) is 17.5 Å². The molecule has 12 heteroatoms. The highest BCUT2D eigenvalue weighted by Gasteiger charge is 2.33. The number of fused-ring (bicyclic) bond motifs is 1. The smallest absolute Gasteiger partial charge is 0.323 e. The molecule has 0 aliphatic rings. The minimum absolute atomic E-state index is 0.0144. The molecule has 2 aromatic carbocycles. The predicted molar refractivity (Wildman–Crippen MR) is 138 cm³/mol. The van der Waals surface area contributed by atoms with E-state index in [9.17, 15) is 27.9 Å². The number of carboxylic acid groups (broad SMARTS) is 1. The standard InChI is InChI=1S/C25H23N3O7S2/c1-35-21-7-3-2-6-19(21)24(25(32)28(15-23(30)31)14-17-5-4-12-36-17)27-37(33,34)18-9-10-20-16(13-18)8-11-22(29)26-20/h2-13,24,27H,14-15H2,1H3,(H,26,29)(H,30,31)/t24-/m0/s1. The second-order valence-electron chi connectivity index (χ2n) is 8.04. The lowest BCUT2D eigenvalue weighted by Crippen LogP contribution is -2.44. The molecule has 0 unspecified atom stereocenters. The fourth-order valence-electron chi connectivity index (χ4n) is 3.82. The zero-order valence-corrected chi connectivity index (χ0v) is 21.2. The molecule has 1 atom stereocenters. The Bertz CT molecular complexity index is 1600. The number of nitrogens with zero attached hydrogens (tertiary/aromatic N) is 1. The lowest BCUT2D eigenvalue weighted by atomic mass is 10.0. The van der Waals surface area contributed by atoms with Crippen LogP contribution in [0.1, 0.15) is 16.5 Å². The number of aliphatic carboxylic acids is 1. The molecule has 2 heterocycles. The number of pyridine rings is 1. The van der Waals surface area contributed by atoms with E-state index in [1.54, 1.807) is 41.8 Å². The summed E-state index contributed by atoms with van der Waals surface area (Å²) in [5.74, 6) is -1.74. The maximum absolute atomic E-state index is 13.8. The van der Waals surface area contributed by atoms with Crippen LogP contribution in [0.25, 0.3) is 10.9 Å². The number of aromatic amines is 1. The number of H-pyrrole nitrogens is 1. The van der Waals surface area contributed by atoms with Gasteiger partial charge in [0.1, 0.15) is 18.3 Å². The van der Waals surface area contributed by atoms with Crippen molar-refractivity contribution in [3.63, 3.8) is 0 Å². The van der Waals surface area contributed by atoms with Crippen molar-refractivity contribution in [1.82, 2.24) is 14.6 Å². The third-order valence-corrected chi connectivity index (χ3v) is 7.82. The first-order chi connectivity index (χ1) is 17.7. The Balaban J connectivity index is 1.76. The molecule has 0 saturated carbocycles. The molecule has 0 aliphatic heterocycles.